The molecular formula is C15H18N2O3S. The molecule has 0 fully saturated rings. The van der Waals surface area contributed by atoms with Crippen molar-refractivity contribution >= 4 is 17.2 Å². The third-order valence-electron chi connectivity index (χ3n) is 3.23. The van der Waals surface area contributed by atoms with Gasteiger partial charge in [-0.1, -0.05) is 6.07 Å². The van der Waals surface area contributed by atoms with Crippen molar-refractivity contribution in [2.75, 3.05) is 0 Å². The van der Waals surface area contributed by atoms with Gasteiger partial charge in [0, 0.05) is 0 Å². The quantitative estimate of drug-likeness (QED) is 0.635. The summed E-state index contributed by atoms with van der Waals surface area (Å²) < 4.78 is 0. The average Bonchev–Trinajstić information content (AvgIpc) is 2.97. The van der Waals surface area contributed by atoms with Crippen LogP contribution in [0.15, 0.2) is 35.0 Å². The topological polar surface area (TPSA) is 95.6 Å². The molecule has 0 radical (unpaired) electrons. The molecule has 1 unspecified atom stereocenters. The third kappa shape index (κ3) is 3.96. The summed E-state index contributed by atoms with van der Waals surface area (Å²) in [4.78, 5) is 12.1. The van der Waals surface area contributed by atoms with Crippen LogP contribution in [0, 0.1) is 0 Å². The fourth-order valence-corrected chi connectivity index (χ4v) is 2.72. The number of hydrogen-bond donors (Lipinski definition) is 4. The second-order valence-corrected chi connectivity index (χ2v) is 5.70. The van der Waals surface area contributed by atoms with Gasteiger partial charge in [0.2, 0.25) is 5.91 Å². The Kier molecular flexibility index (Phi) is 4.82. The van der Waals surface area contributed by atoms with Crippen molar-refractivity contribution in [2.45, 2.75) is 25.4 Å². The molecule has 0 saturated carbocycles. The van der Waals surface area contributed by atoms with Gasteiger partial charge in [0.25, 0.3) is 0 Å². The van der Waals surface area contributed by atoms with E-state index in [0.29, 0.717) is 5.56 Å². The van der Waals surface area contributed by atoms with Gasteiger partial charge in [-0.15, -0.1) is 0 Å². The lowest BCUT2D eigenvalue weighted by Crippen LogP contribution is -2.42. The van der Waals surface area contributed by atoms with E-state index in [1.165, 1.54) is 12.1 Å². The Morgan fingerprint density at radius 1 is 1.33 bits per heavy atom. The number of carbonyl (C=O) groups is 1. The smallest absolute Gasteiger partial charge is 0.237 e. The van der Waals surface area contributed by atoms with E-state index >= 15 is 0 Å². The normalized spacial score (nSPS) is 13.6. The summed E-state index contributed by atoms with van der Waals surface area (Å²) in [6.45, 7) is 1.90. The fourth-order valence-electron chi connectivity index (χ4n) is 1.97. The van der Waals surface area contributed by atoms with Gasteiger partial charge in [-0.05, 0) is 53.4 Å². The molecule has 6 heteroatoms. The Morgan fingerprint density at radius 3 is 2.71 bits per heavy atom. The molecule has 2 atom stereocenters. The highest BCUT2D eigenvalue weighted by molar-refractivity contribution is 7.07. The Morgan fingerprint density at radius 2 is 2.10 bits per heavy atom. The van der Waals surface area contributed by atoms with Crippen molar-refractivity contribution < 1.29 is 15.0 Å². The van der Waals surface area contributed by atoms with E-state index in [9.17, 15) is 15.0 Å². The monoisotopic (exact) mass is 306 g/mol. The molecule has 21 heavy (non-hydrogen) atoms. The minimum atomic E-state index is -0.713. The highest BCUT2D eigenvalue weighted by Gasteiger charge is 2.17. The minimum absolute atomic E-state index is 0.0944. The number of carbonyl (C=O) groups excluding carboxylic acids is 1. The maximum Gasteiger partial charge on any atom is 0.237 e. The van der Waals surface area contributed by atoms with Gasteiger partial charge in [-0.3, -0.25) is 4.79 Å². The molecule has 1 aromatic carbocycles. The maximum absolute atomic E-state index is 12.1. The van der Waals surface area contributed by atoms with Crippen molar-refractivity contribution in [2.24, 2.45) is 5.73 Å². The zero-order chi connectivity index (χ0) is 15.4. The number of thiophene rings is 1. The molecule has 0 aliphatic heterocycles. The lowest BCUT2D eigenvalue weighted by Gasteiger charge is -2.17. The van der Waals surface area contributed by atoms with Crippen molar-refractivity contribution in [3.63, 3.8) is 0 Å². The molecule has 1 aromatic heterocycles. The Bertz CT molecular complexity index is 613. The highest BCUT2D eigenvalue weighted by atomic mass is 32.1. The van der Waals surface area contributed by atoms with Gasteiger partial charge in [0.1, 0.15) is 0 Å². The first-order chi connectivity index (χ1) is 9.97. The number of amides is 1. The van der Waals surface area contributed by atoms with Crippen LogP contribution in [0.4, 0.5) is 0 Å². The van der Waals surface area contributed by atoms with Crippen molar-refractivity contribution in [1.82, 2.24) is 5.32 Å². The molecule has 1 amide bonds. The van der Waals surface area contributed by atoms with Crippen LogP contribution in [0.25, 0.3) is 0 Å². The van der Waals surface area contributed by atoms with Gasteiger partial charge < -0.3 is 21.3 Å². The molecule has 1 heterocycles. The Balaban J connectivity index is 1.94. The van der Waals surface area contributed by atoms with E-state index in [0.717, 1.165) is 5.56 Å². The SMILES string of the molecule is CC(NC(=O)[C@@H](N)Cc1ccc(O)c(O)c1)c1ccsc1. The molecule has 2 rings (SSSR count). The molecular weight excluding hydrogens is 288 g/mol. The number of aromatic hydroxyl groups is 2. The number of benzene rings is 1. The summed E-state index contributed by atoms with van der Waals surface area (Å²) >= 11 is 1.57. The molecule has 2 aromatic rings. The first kappa shape index (κ1) is 15.3. The second-order valence-electron chi connectivity index (χ2n) is 4.92. The first-order valence-corrected chi connectivity index (χ1v) is 7.50. The number of hydrogen-bond acceptors (Lipinski definition) is 5. The van der Waals surface area contributed by atoms with Crippen LogP contribution < -0.4 is 11.1 Å². The predicted molar refractivity (Wildman–Crippen MR) is 82.3 cm³/mol. The van der Waals surface area contributed by atoms with E-state index in [2.05, 4.69) is 5.32 Å². The summed E-state index contributed by atoms with van der Waals surface area (Å²) in [5.41, 5.74) is 7.62. The van der Waals surface area contributed by atoms with Crippen molar-refractivity contribution in [3.05, 3.63) is 46.2 Å². The van der Waals surface area contributed by atoms with Gasteiger partial charge >= 0.3 is 0 Å². The van der Waals surface area contributed by atoms with E-state index in [1.807, 2.05) is 23.8 Å². The zero-order valence-electron chi connectivity index (χ0n) is 11.6. The third-order valence-corrected chi connectivity index (χ3v) is 3.94. The van der Waals surface area contributed by atoms with Crippen LogP contribution in [0.1, 0.15) is 24.1 Å². The summed E-state index contributed by atoms with van der Waals surface area (Å²) in [7, 11) is 0. The lowest BCUT2D eigenvalue weighted by molar-refractivity contribution is -0.123. The van der Waals surface area contributed by atoms with Gasteiger partial charge in [0.15, 0.2) is 11.5 Å². The number of rotatable bonds is 5. The second kappa shape index (κ2) is 6.60. The molecule has 0 aliphatic rings. The van der Waals surface area contributed by atoms with Crippen LogP contribution in [-0.2, 0) is 11.2 Å². The predicted octanol–water partition coefficient (Wildman–Crippen LogP) is 1.91. The molecule has 0 aliphatic carbocycles. The lowest BCUT2D eigenvalue weighted by atomic mass is 10.0. The van der Waals surface area contributed by atoms with Crippen molar-refractivity contribution in [3.8, 4) is 11.5 Å². The Labute approximate surface area is 127 Å². The fraction of sp³-hybridized carbons (Fsp3) is 0.267. The summed E-state index contributed by atoms with van der Waals surface area (Å²) in [5, 5.41) is 25.5. The standard InChI is InChI=1S/C15H18N2O3S/c1-9(11-4-5-21-8-11)17-15(20)12(16)6-10-2-3-13(18)14(19)7-10/h2-5,7-9,12,18-19H,6,16H2,1H3,(H,17,20)/t9?,12-/m0/s1. The van der Waals surface area contributed by atoms with Crippen molar-refractivity contribution in [1.29, 1.82) is 0 Å². The average molecular weight is 306 g/mol. The molecule has 0 saturated heterocycles. The largest absolute Gasteiger partial charge is 0.504 e. The first-order valence-electron chi connectivity index (χ1n) is 6.56. The van der Waals surface area contributed by atoms with Gasteiger partial charge in [0.05, 0.1) is 12.1 Å². The number of nitrogens with one attached hydrogen (secondary N) is 1. The van der Waals surface area contributed by atoms with E-state index < -0.39 is 6.04 Å². The van der Waals surface area contributed by atoms with E-state index in [4.69, 9.17) is 5.73 Å². The molecule has 5 N–H and O–H groups in total. The van der Waals surface area contributed by atoms with Gasteiger partial charge in [-0.25, -0.2) is 0 Å². The van der Waals surface area contributed by atoms with Crippen LogP contribution >= 0.6 is 11.3 Å². The number of phenols is 2. The molecule has 112 valence electrons. The van der Waals surface area contributed by atoms with Crippen LogP contribution in [0.5, 0.6) is 11.5 Å². The van der Waals surface area contributed by atoms with Gasteiger partial charge in [-0.2, -0.15) is 11.3 Å². The highest BCUT2D eigenvalue weighted by Crippen LogP contribution is 2.25. The van der Waals surface area contributed by atoms with Crippen LogP contribution in [-0.4, -0.2) is 22.2 Å². The minimum Gasteiger partial charge on any atom is -0.504 e. The number of phenolic OH excluding ortho intramolecular Hbond substituents is 2. The summed E-state index contributed by atoms with van der Waals surface area (Å²) in [6.07, 6.45) is 0.288. The van der Waals surface area contributed by atoms with Crippen LogP contribution in [0.2, 0.25) is 0 Å². The maximum atomic E-state index is 12.1. The summed E-state index contributed by atoms with van der Waals surface area (Å²) in [5.74, 6) is -0.657. The van der Waals surface area contributed by atoms with E-state index in [-0.39, 0.29) is 29.9 Å². The zero-order valence-corrected chi connectivity index (χ0v) is 12.4. The van der Waals surface area contributed by atoms with Crippen LogP contribution in [0.3, 0.4) is 0 Å². The molecule has 0 spiro atoms. The number of nitrogens with two attached hydrogens (primary N) is 1. The Hall–Kier alpha value is -2.05. The van der Waals surface area contributed by atoms with E-state index in [1.54, 1.807) is 17.4 Å². The summed E-state index contributed by atoms with van der Waals surface area (Å²) in [6, 6.07) is 5.57. The molecule has 5 nitrogen and oxygen atoms in total. The molecule has 0 bridgehead atoms.